The average molecular weight is 276 g/mol. The highest BCUT2D eigenvalue weighted by atomic mass is 32.1. The third-order valence-electron chi connectivity index (χ3n) is 2.91. The molecule has 0 fully saturated rings. The Morgan fingerprint density at radius 2 is 2.11 bits per heavy atom. The number of anilines is 1. The Balaban J connectivity index is 2.07. The summed E-state index contributed by atoms with van der Waals surface area (Å²) >= 11 is 1.70. The molecular formula is C14H20N4S. The maximum absolute atomic E-state index is 4.63. The molecule has 19 heavy (non-hydrogen) atoms. The van der Waals surface area contributed by atoms with Crippen molar-refractivity contribution in [2.24, 2.45) is 0 Å². The van der Waals surface area contributed by atoms with Crippen LogP contribution in [0.4, 0.5) is 5.82 Å². The van der Waals surface area contributed by atoms with Gasteiger partial charge in [-0.2, -0.15) is 0 Å². The Labute approximate surface area is 118 Å². The number of rotatable bonds is 5. The first-order chi connectivity index (χ1) is 9.06. The molecule has 0 spiro atoms. The first-order valence-corrected chi connectivity index (χ1v) is 7.39. The highest BCUT2D eigenvalue weighted by molar-refractivity contribution is 7.09. The molecule has 0 radical (unpaired) electrons. The van der Waals surface area contributed by atoms with Gasteiger partial charge < -0.3 is 4.90 Å². The number of thiazole rings is 1. The standard InChI is InChI=1S/C14H20N4S/c1-10(2)14-16-11(3)9-12(17-14)18(4)7-5-13-15-6-8-19-13/h6,8-10H,5,7H2,1-4H3. The maximum atomic E-state index is 4.63. The predicted molar refractivity (Wildman–Crippen MR) is 79.9 cm³/mol. The first-order valence-electron chi connectivity index (χ1n) is 6.51. The molecule has 5 heteroatoms. The molecule has 2 aromatic heterocycles. The van der Waals surface area contributed by atoms with Gasteiger partial charge in [-0.1, -0.05) is 13.8 Å². The van der Waals surface area contributed by atoms with Crippen LogP contribution in [0, 0.1) is 6.92 Å². The van der Waals surface area contributed by atoms with Gasteiger partial charge in [0.15, 0.2) is 0 Å². The second kappa shape index (κ2) is 6.10. The molecule has 0 atom stereocenters. The molecular weight excluding hydrogens is 256 g/mol. The van der Waals surface area contributed by atoms with Gasteiger partial charge in [0.1, 0.15) is 11.6 Å². The predicted octanol–water partition coefficient (Wildman–Crippen LogP) is 3.04. The molecule has 0 amide bonds. The Morgan fingerprint density at radius 1 is 1.32 bits per heavy atom. The second-order valence-electron chi connectivity index (χ2n) is 4.98. The Morgan fingerprint density at radius 3 is 2.74 bits per heavy atom. The average Bonchev–Trinajstić information content (AvgIpc) is 2.88. The molecule has 0 aliphatic rings. The topological polar surface area (TPSA) is 41.9 Å². The Bertz CT molecular complexity index is 522. The SMILES string of the molecule is Cc1cc(N(C)CCc2nccs2)nc(C(C)C)n1. The van der Waals surface area contributed by atoms with E-state index >= 15 is 0 Å². The van der Waals surface area contributed by atoms with Gasteiger partial charge in [0.2, 0.25) is 0 Å². The van der Waals surface area contributed by atoms with Crippen molar-refractivity contribution in [3.63, 3.8) is 0 Å². The van der Waals surface area contributed by atoms with Crippen molar-refractivity contribution in [3.05, 3.63) is 34.2 Å². The van der Waals surface area contributed by atoms with Crippen LogP contribution in [0.3, 0.4) is 0 Å². The normalized spacial score (nSPS) is 11.0. The van der Waals surface area contributed by atoms with Crippen LogP contribution in [0.25, 0.3) is 0 Å². The molecule has 2 heterocycles. The fourth-order valence-electron chi connectivity index (χ4n) is 1.78. The molecule has 102 valence electrons. The van der Waals surface area contributed by atoms with Crippen LogP contribution in [0.2, 0.25) is 0 Å². The van der Waals surface area contributed by atoms with E-state index in [0.717, 1.165) is 30.3 Å². The van der Waals surface area contributed by atoms with Crippen LogP contribution >= 0.6 is 11.3 Å². The molecule has 0 unspecified atom stereocenters. The van der Waals surface area contributed by atoms with Gasteiger partial charge in [-0.25, -0.2) is 15.0 Å². The molecule has 0 saturated heterocycles. The molecule has 0 N–H and O–H groups in total. The fourth-order valence-corrected chi connectivity index (χ4v) is 2.39. The van der Waals surface area contributed by atoms with E-state index in [9.17, 15) is 0 Å². The minimum atomic E-state index is 0.353. The van der Waals surface area contributed by atoms with Crippen LogP contribution in [0.1, 0.15) is 36.3 Å². The zero-order valence-electron chi connectivity index (χ0n) is 11.9. The second-order valence-corrected chi connectivity index (χ2v) is 5.96. The van der Waals surface area contributed by atoms with Gasteiger partial charge in [-0.3, -0.25) is 0 Å². The molecule has 0 saturated carbocycles. The van der Waals surface area contributed by atoms with E-state index in [1.807, 2.05) is 24.6 Å². The molecule has 0 aliphatic carbocycles. The third kappa shape index (κ3) is 3.73. The minimum Gasteiger partial charge on any atom is -0.359 e. The maximum Gasteiger partial charge on any atom is 0.133 e. The number of hydrogen-bond acceptors (Lipinski definition) is 5. The smallest absolute Gasteiger partial charge is 0.133 e. The summed E-state index contributed by atoms with van der Waals surface area (Å²) < 4.78 is 0. The van der Waals surface area contributed by atoms with Gasteiger partial charge >= 0.3 is 0 Å². The van der Waals surface area contributed by atoms with Crippen molar-refractivity contribution in [3.8, 4) is 0 Å². The monoisotopic (exact) mass is 276 g/mol. The fraction of sp³-hybridized carbons (Fsp3) is 0.500. The quantitative estimate of drug-likeness (QED) is 0.841. The van der Waals surface area contributed by atoms with Crippen LogP contribution in [0.15, 0.2) is 17.6 Å². The third-order valence-corrected chi connectivity index (χ3v) is 3.75. The zero-order chi connectivity index (χ0) is 13.8. The molecule has 0 aliphatic heterocycles. The van der Waals surface area contributed by atoms with Gasteiger partial charge in [0.25, 0.3) is 0 Å². The number of nitrogens with zero attached hydrogens (tertiary/aromatic N) is 4. The number of aromatic nitrogens is 3. The largest absolute Gasteiger partial charge is 0.359 e. The van der Waals surface area contributed by atoms with E-state index in [0.29, 0.717) is 5.92 Å². The number of hydrogen-bond donors (Lipinski definition) is 0. The highest BCUT2D eigenvalue weighted by Crippen LogP contribution is 2.16. The van der Waals surface area contributed by atoms with Gasteiger partial charge in [-0.05, 0) is 6.92 Å². The van der Waals surface area contributed by atoms with E-state index in [-0.39, 0.29) is 0 Å². The van der Waals surface area contributed by atoms with E-state index in [4.69, 9.17) is 0 Å². The van der Waals surface area contributed by atoms with Crippen LogP contribution < -0.4 is 4.90 Å². The highest BCUT2D eigenvalue weighted by Gasteiger charge is 2.09. The molecule has 2 aromatic rings. The zero-order valence-corrected chi connectivity index (χ0v) is 12.7. The van der Waals surface area contributed by atoms with Crippen molar-refractivity contribution >= 4 is 17.2 Å². The molecule has 0 bridgehead atoms. The Hall–Kier alpha value is -1.49. The Kier molecular flexibility index (Phi) is 4.47. The summed E-state index contributed by atoms with van der Waals surface area (Å²) in [5.74, 6) is 2.26. The summed E-state index contributed by atoms with van der Waals surface area (Å²) in [5.41, 5.74) is 1.02. The lowest BCUT2D eigenvalue weighted by Gasteiger charge is -2.19. The summed E-state index contributed by atoms with van der Waals surface area (Å²) in [5, 5.41) is 3.18. The van der Waals surface area contributed by atoms with E-state index in [1.54, 1.807) is 11.3 Å². The lowest BCUT2D eigenvalue weighted by atomic mass is 10.2. The summed E-state index contributed by atoms with van der Waals surface area (Å²) in [7, 11) is 2.07. The van der Waals surface area contributed by atoms with Crippen LogP contribution in [-0.4, -0.2) is 28.5 Å². The number of aryl methyl sites for hydroxylation is 1. The lowest BCUT2D eigenvalue weighted by Crippen LogP contribution is -2.22. The van der Waals surface area contributed by atoms with Crippen LogP contribution in [-0.2, 0) is 6.42 Å². The van der Waals surface area contributed by atoms with Crippen molar-refractivity contribution in [2.75, 3.05) is 18.5 Å². The summed E-state index contributed by atoms with van der Waals surface area (Å²) in [4.78, 5) is 15.6. The summed E-state index contributed by atoms with van der Waals surface area (Å²) in [6, 6.07) is 2.04. The summed E-state index contributed by atoms with van der Waals surface area (Å²) in [6.45, 7) is 7.18. The molecule has 4 nitrogen and oxygen atoms in total. The van der Waals surface area contributed by atoms with Crippen molar-refractivity contribution < 1.29 is 0 Å². The summed E-state index contributed by atoms with van der Waals surface area (Å²) in [6.07, 6.45) is 2.81. The van der Waals surface area contributed by atoms with Gasteiger partial charge in [0, 0.05) is 49.3 Å². The minimum absolute atomic E-state index is 0.353. The van der Waals surface area contributed by atoms with E-state index in [1.165, 1.54) is 5.01 Å². The molecule has 0 aromatic carbocycles. The van der Waals surface area contributed by atoms with E-state index in [2.05, 4.69) is 40.7 Å². The van der Waals surface area contributed by atoms with Gasteiger partial charge in [-0.15, -0.1) is 11.3 Å². The van der Waals surface area contributed by atoms with Crippen molar-refractivity contribution in [1.29, 1.82) is 0 Å². The van der Waals surface area contributed by atoms with Crippen molar-refractivity contribution in [2.45, 2.75) is 33.1 Å². The first kappa shape index (κ1) is 13.9. The van der Waals surface area contributed by atoms with E-state index < -0.39 is 0 Å². The number of likely N-dealkylation sites (N-methyl/N-ethyl adjacent to an activating group) is 1. The molecule has 2 rings (SSSR count). The van der Waals surface area contributed by atoms with Crippen molar-refractivity contribution in [1.82, 2.24) is 15.0 Å². The lowest BCUT2D eigenvalue weighted by molar-refractivity contribution is 0.752. The van der Waals surface area contributed by atoms with Crippen LogP contribution in [0.5, 0.6) is 0 Å². The van der Waals surface area contributed by atoms with Gasteiger partial charge in [0.05, 0.1) is 5.01 Å².